The van der Waals surface area contributed by atoms with Crippen LogP contribution in [0.1, 0.15) is 27.7 Å². The molecule has 22 heavy (non-hydrogen) atoms. The van der Waals surface area contributed by atoms with Gasteiger partial charge in [-0.3, -0.25) is 9.89 Å². The number of hydrogen-bond acceptors (Lipinski definition) is 4. The van der Waals surface area contributed by atoms with Gasteiger partial charge in [-0.2, -0.15) is 11.8 Å². The highest BCUT2D eigenvalue weighted by molar-refractivity contribution is 14.0. The van der Waals surface area contributed by atoms with Crippen molar-refractivity contribution in [2.75, 3.05) is 44.2 Å². The summed E-state index contributed by atoms with van der Waals surface area (Å²) in [6.07, 6.45) is 0.571. The average molecular weight is 442 g/mol. The third kappa shape index (κ3) is 5.72. The van der Waals surface area contributed by atoms with Crippen LogP contribution in [0.3, 0.4) is 0 Å². The fraction of sp³-hybridized carbons (Fsp3) is 0.933. The van der Waals surface area contributed by atoms with E-state index < -0.39 is 0 Å². The van der Waals surface area contributed by atoms with Gasteiger partial charge in [-0.1, -0.05) is 0 Å². The lowest BCUT2D eigenvalue weighted by atomic mass is 10.0. The third-order valence-electron chi connectivity index (χ3n) is 4.24. The molecule has 2 aliphatic heterocycles. The predicted molar refractivity (Wildman–Crippen MR) is 106 cm³/mol. The molecule has 2 N–H and O–H groups in total. The standard InChI is InChI=1S/C15H30N4OS.HI/c1-12-9-19(10-13(2)20-12)15(3,4)11-17-14(16)18-5-7-21-8-6-18;/h12-13H,5-11H2,1-4H3,(H2,16,17);1H. The Balaban J connectivity index is 0.00000242. The van der Waals surface area contributed by atoms with Crippen LogP contribution in [-0.2, 0) is 4.74 Å². The number of hydrogen-bond donors (Lipinski definition) is 1. The van der Waals surface area contributed by atoms with Gasteiger partial charge < -0.3 is 15.4 Å². The normalized spacial score (nSPS) is 28.4. The second-order valence-electron chi connectivity index (χ2n) is 6.75. The number of rotatable bonds is 3. The zero-order valence-corrected chi connectivity index (χ0v) is 17.4. The minimum atomic E-state index is 0. The molecular formula is C15H31IN4OS. The number of guanidine groups is 1. The summed E-state index contributed by atoms with van der Waals surface area (Å²) in [5, 5.41) is 0. The summed E-state index contributed by atoms with van der Waals surface area (Å²) in [4.78, 5) is 9.36. The highest BCUT2D eigenvalue weighted by atomic mass is 127. The minimum Gasteiger partial charge on any atom is -0.373 e. The summed E-state index contributed by atoms with van der Waals surface area (Å²) in [6, 6.07) is 0. The van der Waals surface area contributed by atoms with Gasteiger partial charge in [-0.05, 0) is 27.7 Å². The van der Waals surface area contributed by atoms with Gasteiger partial charge in [0.25, 0.3) is 0 Å². The Labute approximate surface area is 156 Å². The van der Waals surface area contributed by atoms with E-state index in [0.717, 1.165) is 44.2 Å². The van der Waals surface area contributed by atoms with E-state index in [2.05, 4.69) is 42.5 Å². The Morgan fingerprint density at radius 3 is 2.32 bits per heavy atom. The maximum Gasteiger partial charge on any atom is 0.191 e. The van der Waals surface area contributed by atoms with E-state index in [1.54, 1.807) is 0 Å². The maximum absolute atomic E-state index is 6.16. The van der Waals surface area contributed by atoms with Crippen LogP contribution in [0.4, 0.5) is 0 Å². The first-order chi connectivity index (χ1) is 9.88. The molecule has 0 aromatic carbocycles. The molecule has 5 nitrogen and oxygen atoms in total. The zero-order valence-electron chi connectivity index (χ0n) is 14.2. The molecule has 0 aromatic rings. The summed E-state index contributed by atoms with van der Waals surface area (Å²) in [7, 11) is 0. The molecule has 2 heterocycles. The van der Waals surface area contributed by atoms with Crippen LogP contribution in [0.15, 0.2) is 4.99 Å². The van der Waals surface area contributed by atoms with Gasteiger partial charge >= 0.3 is 0 Å². The van der Waals surface area contributed by atoms with Crippen LogP contribution in [0.25, 0.3) is 0 Å². The summed E-state index contributed by atoms with van der Waals surface area (Å²) < 4.78 is 5.82. The molecule has 0 saturated carbocycles. The molecule has 0 bridgehead atoms. The number of aliphatic imine (C=N–C) groups is 1. The SMILES string of the molecule is CC1CN(C(C)(C)CN=C(N)N2CCSCC2)CC(C)O1.I. The molecule has 7 heteroatoms. The second kappa shape index (κ2) is 8.94. The first-order valence-electron chi connectivity index (χ1n) is 7.91. The van der Waals surface area contributed by atoms with Crippen LogP contribution < -0.4 is 5.73 Å². The van der Waals surface area contributed by atoms with E-state index in [1.807, 2.05) is 11.8 Å². The zero-order chi connectivity index (χ0) is 15.5. The van der Waals surface area contributed by atoms with Crippen molar-refractivity contribution in [2.45, 2.75) is 45.4 Å². The van der Waals surface area contributed by atoms with Crippen LogP contribution in [0.2, 0.25) is 0 Å². The Morgan fingerprint density at radius 1 is 1.23 bits per heavy atom. The molecule has 0 spiro atoms. The van der Waals surface area contributed by atoms with E-state index in [1.165, 1.54) is 0 Å². The molecule has 0 amide bonds. The van der Waals surface area contributed by atoms with Gasteiger partial charge in [-0.15, -0.1) is 24.0 Å². The van der Waals surface area contributed by atoms with Crippen molar-refractivity contribution in [3.63, 3.8) is 0 Å². The lowest BCUT2D eigenvalue weighted by Gasteiger charge is -2.44. The van der Waals surface area contributed by atoms with Crippen molar-refractivity contribution in [1.82, 2.24) is 9.80 Å². The highest BCUT2D eigenvalue weighted by Gasteiger charge is 2.33. The van der Waals surface area contributed by atoms with E-state index in [9.17, 15) is 0 Å². The first-order valence-corrected chi connectivity index (χ1v) is 9.07. The Bertz CT molecular complexity index is 365. The van der Waals surface area contributed by atoms with Gasteiger partial charge in [0.2, 0.25) is 0 Å². The summed E-state index contributed by atoms with van der Waals surface area (Å²) in [5.41, 5.74) is 6.18. The molecule has 0 aromatic heterocycles. The van der Waals surface area contributed by atoms with Gasteiger partial charge in [0.1, 0.15) is 0 Å². The van der Waals surface area contributed by atoms with Gasteiger partial charge in [0, 0.05) is 43.2 Å². The quantitative estimate of drug-likeness (QED) is 0.411. The Kier molecular flexibility index (Phi) is 8.25. The lowest BCUT2D eigenvalue weighted by molar-refractivity contribution is -0.0939. The van der Waals surface area contributed by atoms with E-state index >= 15 is 0 Å². The average Bonchev–Trinajstić information content (AvgIpc) is 2.45. The number of morpholine rings is 1. The smallest absolute Gasteiger partial charge is 0.191 e. The first kappa shape index (κ1) is 20.3. The van der Waals surface area contributed by atoms with E-state index in [0.29, 0.717) is 5.96 Å². The summed E-state index contributed by atoms with van der Waals surface area (Å²) in [6.45, 7) is 13.5. The number of thioether (sulfide) groups is 1. The predicted octanol–water partition coefficient (Wildman–Crippen LogP) is 1.86. The number of halogens is 1. The molecule has 2 rings (SSSR count). The van der Waals surface area contributed by atoms with Crippen molar-refractivity contribution in [3.8, 4) is 0 Å². The molecule has 2 atom stereocenters. The number of nitrogens with zero attached hydrogens (tertiary/aromatic N) is 3. The molecule has 0 radical (unpaired) electrons. The molecular weight excluding hydrogens is 411 g/mol. The molecule has 0 aliphatic carbocycles. The fourth-order valence-corrected chi connectivity index (χ4v) is 3.84. The van der Waals surface area contributed by atoms with Crippen molar-refractivity contribution in [3.05, 3.63) is 0 Å². The molecule has 130 valence electrons. The summed E-state index contributed by atoms with van der Waals surface area (Å²) in [5.74, 6) is 3.01. The highest BCUT2D eigenvalue weighted by Crippen LogP contribution is 2.21. The topological polar surface area (TPSA) is 54.1 Å². The number of nitrogens with two attached hydrogens (primary N) is 1. The van der Waals surface area contributed by atoms with Crippen LogP contribution in [0.5, 0.6) is 0 Å². The monoisotopic (exact) mass is 442 g/mol. The van der Waals surface area contributed by atoms with Crippen LogP contribution >= 0.6 is 35.7 Å². The van der Waals surface area contributed by atoms with Crippen molar-refractivity contribution < 1.29 is 4.74 Å². The molecule has 2 unspecified atom stereocenters. The molecule has 2 fully saturated rings. The van der Waals surface area contributed by atoms with Gasteiger partial charge in [0.15, 0.2) is 5.96 Å². The second-order valence-corrected chi connectivity index (χ2v) is 7.97. The van der Waals surface area contributed by atoms with E-state index in [-0.39, 0.29) is 41.7 Å². The maximum atomic E-state index is 6.16. The van der Waals surface area contributed by atoms with Gasteiger partial charge in [0.05, 0.1) is 18.8 Å². The van der Waals surface area contributed by atoms with Crippen LogP contribution in [0, 0.1) is 0 Å². The van der Waals surface area contributed by atoms with E-state index in [4.69, 9.17) is 10.5 Å². The minimum absolute atomic E-state index is 0. The van der Waals surface area contributed by atoms with Crippen LogP contribution in [-0.4, -0.2) is 77.7 Å². The van der Waals surface area contributed by atoms with Crippen molar-refractivity contribution in [1.29, 1.82) is 0 Å². The fourth-order valence-electron chi connectivity index (χ4n) is 2.94. The largest absolute Gasteiger partial charge is 0.373 e. The van der Waals surface area contributed by atoms with Crippen molar-refractivity contribution in [2.24, 2.45) is 10.7 Å². The Hall–Kier alpha value is 0.270. The third-order valence-corrected chi connectivity index (χ3v) is 5.18. The molecule has 2 aliphatic rings. The number of ether oxygens (including phenoxy) is 1. The summed E-state index contributed by atoms with van der Waals surface area (Å²) >= 11 is 1.99. The Morgan fingerprint density at radius 2 is 1.77 bits per heavy atom. The van der Waals surface area contributed by atoms with Gasteiger partial charge in [-0.25, -0.2) is 0 Å². The van der Waals surface area contributed by atoms with Crippen molar-refractivity contribution >= 4 is 41.7 Å². The molecule has 2 saturated heterocycles. The lowest BCUT2D eigenvalue weighted by Crippen LogP contribution is -2.56.